The van der Waals surface area contributed by atoms with Crippen LogP contribution in [0.4, 0.5) is 0 Å². The highest BCUT2D eigenvalue weighted by atomic mass is 35.5. The Morgan fingerprint density at radius 3 is 2.89 bits per heavy atom. The quantitative estimate of drug-likeness (QED) is 0.938. The molecule has 5 heteroatoms. The lowest BCUT2D eigenvalue weighted by Gasteiger charge is -2.18. The van der Waals surface area contributed by atoms with Crippen LogP contribution in [-0.4, -0.2) is 27.9 Å². The van der Waals surface area contributed by atoms with Gasteiger partial charge in [0.15, 0.2) is 0 Å². The van der Waals surface area contributed by atoms with Gasteiger partial charge >= 0.3 is 0 Å². The van der Waals surface area contributed by atoms with Crippen molar-refractivity contribution in [2.75, 3.05) is 7.05 Å². The van der Waals surface area contributed by atoms with E-state index in [0.717, 1.165) is 5.56 Å². The van der Waals surface area contributed by atoms with Gasteiger partial charge in [-0.2, -0.15) is 0 Å². The molecule has 0 spiro atoms. The molecule has 0 radical (unpaired) electrons. The summed E-state index contributed by atoms with van der Waals surface area (Å²) in [6, 6.07) is 8.02. The van der Waals surface area contributed by atoms with Crippen molar-refractivity contribution in [1.29, 1.82) is 0 Å². The lowest BCUT2D eigenvalue weighted by atomic mass is 10.1. The summed E-state index contributed by atoms with van der Waals surface area (Å²) in [5.74, 6) is -0.229. The minimum atomic E-state index is -0.246. The van der Waals surface area contributed by atoms with E-state index in [2.05, 4.69) is 4.98 Å². The van der Waals surface area contributed by atoms with Crippen LogP contribution in [0, 0.1) is 0 Å². The monoisotopic (exact) mass is 276 g/mol. The number of aromatic hydroxyl groups is 1. The van der Waals surface area contributed by atoms with E-state index >= 15 is 0 Å². The first-order chi connectivity index (χ1) is 9.08. The molecule has 1 aromatic heterocycles. The number of halogens is 1. The molecule has 2 rings (SSSR count). The van der Waals surface area contributed by atoms with Gasteiger partial charge in [0, 0.05) is 26.0 Å². The first-order valence-corrected chi connectivity index (χ1v) is 6.08. The van der Waals surface area contributed by atoms with Gasteiger partial charge in [0.25, 0.3) is 5.91 Å². The average Bonchev–Trinajstić information content (AvgIpc) is 2.42. The molecule has 0 saturated heterocycles. The maximum absolute atomic E-state index is 12.2. The molecule has 0 atom stereocenters. The summed E-state index contributed by atoms with van der Waals surface area (Å²) in [7, 11) is 1.68. The Labute approximate surface area is 116 Å². The van der Waals surface area contributed by atoms with E-state index < -0.39 is 0 Å². The van der Waals surface area contributed by atoms with E-state index in [1.54, 1.807) is 19.4 Å². The fraction of sp³-hybridized carbons (Fsp3) is 0.143. The van der Waals surface area contributed by atoms with Gasteiger partial charge in [-0.25, -0.2) is 0 Å². The van der Waals surface area contributed by atoms with Crippen LogP contribution in [0.25, 0.3) is 0 Å². The lowest BCUT2D eigenvalue weighted by Crippen LogP contribution is -2.26. The minimum absolute atomic E-state index is 0.0162. The Morgan fingerprint density at radius 2 is 2.21 bits per heavy atom. The molecule has 0 aliphatic carbocycles. The summed E-state index contributed by atoms with van der Waals surface area (Å²) in [4.78, 5) is 17.8. The predicted molar refractivity (Wildman–Crippen MR) is 73.2 cm³/mol. The van der Waals surface area contributed by atoms with E-state index in [9.17, 15) is 9.90 Å². The molecule has 0 aliphatic rings. The number of carbonyl (C=O) groups is 1. The number of pyridine rings is 1. The molecule has 1 N–H and O–H groups in total. The zero-order valence-electron chi connectivity index (χ0n) is 10.4. The molecule has 19 heavy (non-hydrogen) atoms. The number of amides is 1. The third-order valence-corrected chi connectivity index (χ3v) is 3.00. The molecule has 2 aromatic rings. The summed E-state index contributed by atoms with van der Waals surface area (Å²) in [6.07, 6.45) is 3.38. The normalized spacial score (nSPS) is 10.2. The SMILES string of the molecule is CN(Cc1cccnc1)C(=O)c1cc(O)ccc1Cl. The van der Waals surface area contributed by atoms with Crippen LogP contribution in [0.5, 0.6) is 5.75 Å². The zero-order chi connectivity index (χ0) is 13.8. The summed E-state index contributed by atoms with van der Waals surface area (Å²) >= 11 is 5.97. The van der Waals surface area contributed by atoms with Gasteiger partial charge in [-0.1, -0.05) is 17.7 Å². The first kappa shape index (κ1) is 13.4. The summed E-state index contributed by atoms with van der Waals surface area (Å²) in [5, 5.41) is 9.74. The molecule has 0 unspecified atom stereocenters. The number of benzene rings is 1. The van der Waals surface area contributed by atoms with E-state index in [4.69, 9.17) is 11.6 Å². The number of phenols is 1. The van der Waals surface area contributed by atoms with Gasteiger partial charge in [0.2, 0.25) is 0 Å². The van der Waals surface area contributed by atoms with Crippen LogP contribution in [0.1, 0.15) is 15.9 Å². The molecule has 0 bridgehead atoms. The van der Waals surface area contributed by atoms with Crippen molar-refractivity contribution < 1.29 is 9.90 Å². The van der Waals surface area contributed by atoms with Crippen molar-refractivity contribution in [2.45, 2.75) is 6.54 Å². The van der Waals surface area contributed by atoms with Crippen molar-refractivity contribution in [3.8, 4) is 5.75 Å². The number of aromatic nitrogens is 1. The first-order valence-electron chi connectivity index (χ1n) is 5.71. The zero-order valence-corrected chi connectivity index (χ0v) is 11.1. The van der Waals surface area contributed by atoms with Crippen molar-refractivity contribution in [1.82, 2.24) is 9.88 Å². The predicted octanol–water partition coefficient (Wildman–Crippen LogP) is 2.71. The lowest BCUT2D eigenvalue weighted by molar-refractivity contribution is 0.0784. The van der Waals surface area contributed by atoms with Crippen molar-refractivity contribution >= 4 is 17.5 Å². The number of hydrogen-bond donors (Lipinski definition) is 1. The van der Waals surface area contributed by atoms with Crippen LogP contribution in [-0.2, 0) is 6.54 Å². The molecular weight excluding hydrogens is 264 g/mol. The second-order valence-corrected chi connectivity index (χ2v) is 4.59. The van der Waals surface area contributed by atoms with E-state index in [0.29, 0.717) is 11.6 Å². The number of hydrogen-bond acceptors (Lipinski definition) is 3. The topological polar surface area (TPSA) is 53.4 Å². The Kier molecular flexibility index (Phi) is 4.02. The van der Waals surface area contributed by atoms with Gasteiger partial charge in [-0.05, 0) is 29.8 Å². The largest absolute Gasteiger partial charge is 0.508 e. The Balaban J connectivity index is 2.17. The molecule has 4 nitrogen and oxygen atoms in total. The maximum atomic E-state index is 12.2. The van der Waals surface area contributed by atoms with Gasteiger partial charge in [0.1, 0.15) is 5.75 Å². The fourth-order valence-electron chi connectivity index (χ4n) is 1.72. The molecule has 1 heterocycles. The van der Waals surface area contributed by atoms with E-state index in [1.165, 1.54) is 23.1 Å². The third-order valence-electron chi connectivity index (χ3n) is 2.67. The van der Waals surface area contributed by atoms with Gasteiger partial charge in [0.05, 0.1) is 10.6 Å². The molecule has 0 fully saturated rings. The van der Waals surface area contributed by atoms with Gasteiger partial charge in [-0.15, -0.1) is 0 Å². The highest BCUT2D eigenvalue weighted by Gasteiger charge is 2.16. The molecule has 1 aromatic carbocycles. The van der Waals surface area contributed by atoms with Crippen LogP contribution in [0.15, 0.2) is 42.7 Å². The van der Waals surface area contributed by atoms with Crippen LogP contribution in [0.2, 0.25) is 5.02 Å². The number of carbonyl (C=O) groups excluding carboxylic acids is 1. The van der Waals surface area contributed by atoms with E-state index in [-0.39, 0.29) is 17.2 Å². The second-order valence-electron chi connectivity index (χ2n) is 4.19. The van der Waals surface area contributed by atoms with E-state index in [1.807, 2.05) is 12.1 Å². The summed E-state index contributed by atoms with van der Waals surface area (Å²) in [6.45, 7) is 0.429. The Bertz CT molecular complexity index is 587. The van der Waals surface area contributed by atoms with Crippen LogP contribution < -0.4 is 0 Å². The molecule has 1 amide bonds. The standard InChI is InChI=1S/C14H13ClN2O2/c1-17(9-10-3-2-6-16-8-10)14(19)12-7-11(18)4-5-13(12)15/h2-8,18H,9H2,1H3. The Hall–Kier alpha value is -2.07. The minimum Gasteiger partial charge on any atom is -0.508 e. The number of nitrogens with zero attached hydrogens (tertiary/aromatic N) is 2. The number of rotatable bonds is 3. The highest BCUT2D eigenvalue weighted by Crippen LogP contribution is 2.22. The molecule has 98 valence electrons. The third kappa shape index (κ3) is 3.23. The smallest absolute Gasteiger partial charge is 0.255 e. The van der Waals surface area contributed by atoms with Gasteiger partial charge < -0.3 is 10.0 Å². The molecule has 0 aliphatic heterocycles. The average molecular weight is 277 g/mol. The van der Waals surface area contributed by atoms with Crippen LogP contribution in [0.3, 0.4) is 0 Å². The van der Waals surface area contributed by atoms with Gasteiger partial charge in [-0.3, -0.25) is 9.78 Å². The van der Waals surface area contributed by atoms with Crippen molar-refractivity contribution in [3.05, 3.63) is 58.9 Å². The van der Waals surface area contributed by atoms with Crippen LogP contribution >= 0.6 is 11.6 Å². The Morgan fingerprint density at radius 1 is 1.42 bits per heavy atom. The number of phenolic OH excluding ortho intramolecular Hbond substituents is 1. The van der Waals surface area contributed by atoms with Crippen molar-refractivity contribution in [2.24, 2.45) is 0 Å². The molecule has 0 saturated carbocycles. The summed E-state index contributed by atoms with van der Waals surface area (Å²) < 4.78 is 0. The second kappa shape index (κ2) is 5.71. The van der Waals surface area contributed by atoms with Crippen molar-refractivity contribution in [3.63, 3.8) is 0 Å². The fourth-order valence-corrected chi connectivity index (χ4v) is 1.92. The summed E-state index contributed by atoms with van der Waals surface area (Å²) in [5.41, 5.74) is 1.21. The highest BCUT2D eigenvalue weighted by molar-refractivity contribution is 6.33. The maximum Gasteiger partial charge on any atom is 0.255 e. The molecular formula is C14H13ClN2O2.